The fourth-order valence-electron chi connectivity index (χ4n) is 3.27. The van der Waals surface area contributed by atoms with Crippen LogP contribution in [0.5, 0.6) is 0 Å². The largest absolute Gasteiger partial charge is 0.358 e. The quantitative estimate of drug-likeness (QED) is 0.560. The number of benzene rings is 1. The van der Waals surface area contributed by atoms with Crippen LogP contribution in [-0.2, 0) is 19.2 Å². The van der Waals surface area contributed by atoms with E-state index in [0.29, 0.717) is 21.9 Å². The van der Waals surface area contributed by atoms with E-state index in [1.807, 2.05) is 0 Å². The molecular formula is C19H20ClNO4S. The van der Waals surface area contributed by atoms with Crippen molar-refractivity contribution < 1.29 is 17.5 Å². The van der Waals surface area contributed by atoms with Crippen molar-refractivity contribution >= 4 is 33.2 Å². The highest BCUT2D eigenvalue weighted by Gasteiger charge is 2.26. The molecule has 3 rings (SSSR count). The molecule has 0 atom stereocenters. The summed E-state index contributed by atoms with van der Waals surface area (Å²) in [6.45, 7) is 1.71. The smallest absolute Gasteiger partial charge is 0.290 e. The summed E-state index contributed by atoms with van der Waals surface area (Å²) in [5.41, 5.74) is 1.63. The van der Waals surface area contributed by atoms with Gasteiger partial charge in [-0.25, -0.2) is 0 Å². The van der Waals surface area contributed by atoms with E-state index in [1.54, 1.807) is 19.1 Å². The molecular weight excluding hydrogens is 374 g/mol. The molecule has 0 unspecified atom stereocenters. The van der Waals surface area contributed by atoms with Crippen molar-refractivity contribution in [2.75, 3.05) is 0 Å². The zero-order valence-corrected chi connectivity index (χ0v) is 16.0. The number of hydrogen-bond donors (Lipinski definition) is 0. The lowest BCUT2D eigenvalue weighted by Gasteiger charge is -2.25. The van der Waals surface area contributed by atoms with E-state index in [0.717, 1.165) is 25.7 Å². The average molecular weight is 394 g/mol. The topological polar surface area (TPSA) is 72.8 Å². The Hall–Kier alpha value is -1.92. The highest BCUT2D eigenvalue weighted by Crippen LogP contribution is 2.32. The summed E-state index contributed by atoms with van der Waals surface area (Å²) in [7, 11) is -4.07. The van der Waals surface area contributed by atoms with E-state index in [2.05, 4.69) is 5.16 Å². The fraction of sp³-hybridized carbons (Fsp3) is 0.368. The maximum absolute atomic E-state index is 12.3. The lowest BCUT2D eigenvalue weighted by Crippen LogP contribution is -2.20. The molecule has 2 aliphatic carbocycles. The maximum Gasteiger partial charge on any atom is 0.358 e. The summed E-state index contributed by atoms with van der Waals surface area (Å²) in [5, 5.41) is 4.10. The van der Waals surface area contributed by atoms with E-state index < -0.39 is 10.1 Å². The number of hydrogen-bond acceptors (Lipinski definition) is 5. The van der Waals surface area contributed by atoms with Crippen molar-refractivity contribution in [1.82, 2.24) is 0 Å². The van der Waals surface area contributed by atoms with Gasteiger partial charge >= 0.3 is 10.1 Å². The van der Waals surface area contributed by atoms with Crippen molar-refractivity contribution in [3.63, 3.8) is 0 Å². The first-order valence-electron chi connectivity index (χ1n) is 8.58. The van der Waals surface area contributed by atoms with Gasteiger partial charge in [0.1, 0.15) is 10.6 Å². The summed E-state index contributed by atoms with van der Waals surface area (Å²) >= 11 is 5.83. The molecule has 0 aliphatic heterocycles. The first-order valence-corrected chi connectivity index (χ1v) is 10.4. The van der Waals surface area contributed by atoms with Crippen LogP contribution in [0.4, 0.5) is 0 Å². The Labute approximate surface area is 158 Å². The van der Waals surface area contributed by atoms with Crippen LogP contribution in [0.25, 0.3) is 0 Å². The molecule has 0 radical (unpaired) electrons. The second-order valence-electron chi connectivity index (χ2n) is 6.59. The molecule has 26 heavy (non-hydrogen) atoms. The molecule has 0 aromatic heterocycles. The molecule has 0 N–H and O–H groups in total. The summed E-state index contributed by atoms with van der Waals surface area (Å²) in [6, 6.07) is 5.79. The predicted molar refractivity (Wildman–Crippen MR) is 101 cm³/mol. The van der Waals surface area contributed by atoms with Gasteiger partial charge in [0.15, 0.2) is 5.78 Å². The van der Waals surface area contributed by atoms with Crippen molar-refractivity contribution in [1.29, 1.82) is 0 Å². The molecule has 0 saturated heterocycles. The first-order chi connectivity index (χ1) is 12.4. The lowest BCUT2D eigenvalue weighted by molar-refractivity contribution is -0.112. The van der Waals surface area contributed by atoms with Gasteiger partial charge in [-0.1, -0.05) is 42.1 Å². The van der Waals surface area contributed by atoms with Crippen LogP contribution in [0.1, 0.15) is 39.0 Å². The van der Waals surface area contributed by atoms with Gasteiger partial charge in [0.2, 0.25) is 0 Å². The van der Waals surface area contributed by atoms with Crippen LogP contribution in [0, 0.1) is 5.92 Å². The van der Waals surface area contributed by atoms with Crippen molar-refractivity contribution in [2.24, 2.45) is 11.1 Å². The highest BCUT2D eigenvalue weighted by atomic mass is 35.5. The molecule has 2 aliphatic rings. The Morgan fingerprint density at radius 3 is 2.58 bits per heavy atom. The van der Waals surface area contributed by atoms with E-state index in [4.69, 9.17) is 15.9 Å². The van der Waals surface area contributed by atoms with Gasteiger partial charge in [0.25, 0.3) is 0 Å². The van der Waals surface area contributed by atoms with Gasteiger partial charge in [-0.15, -0.1) is 0 Å². The van der Waals surface area contributed by atoms with Crippen LogP contribution in [0.2, 0.25) is 5.02 Å². The molecule has 1 saturated carbocycles. The second-order valence-corrected chi connectivity index (χ2v) is 8.55. The molecule has 0 amide bonds. The van der Waals surface area contributed by atoms with E-state index in [-0.39, 0.29) is 16.6 Å². The Morgan fingerprint density at radius 1 is 1.15 bits per heavy atom. The Kier molecular flexibility index (Phi) is 5.63. The van der Waals surface area contributed by atoms with Gasteiger partial charge in [-0.2, -0.15) is 8.42 Å². The zero-order valence-electron chi connectivity index (χ0n) is 14.4. The molecule has 0 heterocycles. The third-order valence-electron chi connectivity index (χ3n) is 4.69. The number of carbonyl (C=O) groups is 1. The standard InChI is InChI=1S/C19H20ClNO4S/c1-13-10-19(22)17(14-6-3-2-4-7-14)12-18(13)21-25-26(23,24)16-9-5-8-15(20)11-16/h5,8-12,14H,2-4,6-7H2,1H3/b21-18+. The Balaban J connectivity index is 1.85. The van der Waals surface area contributed by atoms with Crippen LogP contribution < -0.4 is 0 Å². The molecule has 138 valence electrons. The minimum Gasteiger partial charge on any atom is -0.290 e. The van der Waals surface area contributed by atoms with Gasteiger partial charge in [-0.05, 0) is 61.6 Å². The zero-order chi connectivity index (χ0) is 18.7. The highest BCUT2D eigenvalue weighted by molar-refractivity contribution is 7.86. The SMILES string of the molecule is CC1=CC(=O)C(C2CCCCC2)=C/C1=N\OS(=O)(=O)c1cccc(Cl)c1. The molecule has 1 fully saturated rings. The predicted octanol–water partition coefficient (Wildman–Crippen LogP) is 4.44. The van der Waals surface area contributed by atoms with Crippen LogP contribution >= 0.6 is 11.6 Å². The van der Waals surface area contributed by atoms with E-state index in [1.165, 1.54) is 30.7 Å². The summed E-state index contributed by atoms with van der Waals surface area (Å²) in [4.78, 5) is 12.3. The molecule has 1 aromatic rings. The van der Waals surface area contributed by atoms with Crippen molar-refractivity contribution in [3.8, 4) is 0 Å². The third kappa shape index (κ3) is 4.24. The number of ketones is 1. The number of allylic oxidation sites excluding steroid dienone is 4. The van der Waals surface area contributed by atoms with Gasteiger partial charge < -0.3 is 0 Å². The average Bonchev–Trinajstić information content (AvgIpc) is 2.62. The lowest BCUT2D eigenvalue weighted by atomic mass is 9.79. The molecule has 7 heteroatoms. The van der Waals surface area contributed by atoms with Gasteiger partial charge in [0, 0.05) is 10.6 Å². The second kappa shape index (κ2) is 7.76. The number of rotatable bonds is 4. The minimum absolute atomic E-state index is 0.0222. The molecule has 0 spiro atoms. The normalized spacial score (nSPS) is 20.7. The van der Waals surface area contributed by atoms with Crippen LogP contribution in [0.15, 0.2) is 57.6 Å². The van der Waals surface area contributed by atoms with Crippen molar-refractivity contribution in [3.05, 3.63) is 52.6 Å². The number of oxime groups is 1. The minimum atomic E-state index is -4.07. The monoisotopic (exact) mass is 393 g/mol. The number of nitrogens with zero attached hydrogens (tertiary/aromatic N) is 1. The fourth-order valence-corrected chi connectivity index (χ4v) is 4.31. The van der Waals surface area contributed by atoms with Gasteiger partial charge in [0.05, 0.1) is 0 Å². The summed E-state index contributed by atoms with van der Waals surface area (Å²) in [6.07, 6.45) is 8.50. The maximum atomic E-state index is 12.3. The Morgan fingerprint density at radius 2 is 1.88 bits per heavy atom. The van der Waals surface area contributed by atoms with E-state index >= 15 is 0 Å². The third-order valence-corrected chi connectivity index (χ3v) is 6.03. The van der Waals surface area contributed by atoms with Crippen LogP contribution in [0.3, 0.4) is 0 Å². The molecule has 0 bridgehead atoms. The molecule has 5 nitrogen and oxygen atoms in total. The van der Waals surface area contributed by atoms with E-state index in [9.17, 15) is 13.2 Å². The Bertz CT molecular complexity index is 909. The first kappa shape index (κ1) is 18.9. The summed E-state index contributed by atoms with van der Waals surface area (Å²) < 4.78 is 29.4. The molecule has 1 aromatic carbocycles. The van der Waals surface area contributed by atoms with Gasteiger partial charge in [-0.3, -0.25) is 9.08 Å². The summed E-state index contributed by atoms with van der Waals surface area (Å²) in [5.74, 6) is 0.182. The van der Waals surface area contributed by atoms with Crippen molar-refractivity contribution in [2.45, 2.75) is 43.9 Å². The van der Waals surface area contributed by atoms with Crippen LogP contribution in [-0.4, -0.2) is 19.9 Å². The number of halogens is 1. The number of carbonyl (C=O) groups excluding carboxylic acids is 1.